The van der Waals surface area contributed by atoms with E-state index in [9.17, 15) is 33.6 Å². The highest BCUT2D eigenvalue weighted by Gasteiger charge is 2.45. The van der Waals surface area contributed by atoms with Gasteiger partial charge >= 0.3 is 24.0 Å². The van der Waals surface area contributed by atoms with Crippen molar-refractivity contribution in [1.29, 1.82) is 0 Å². The van der Waals surface area contributed by atoms with E-state index in [1.165, 1.54) is 93.9 Å². The number of hydrogen-bond acceptors (Lipinski definition) is 15. The molecule has 1 amide bonds. The van der Waals surface area contributed by atoms with Gasteiger partial charge in [-0.25, -0.2) is 4.79 Å². The Hall–Kier alpha value is -6.97. The lowest BCUT2D eigenvalue weighted by atomic mass is 9.77. The molecule has 0 aromatic heterocycles. The Balaban J connectivity index is 0.000000471. The third-order valence-corrected chi connectivity index (χ3v) is 17.5. The van der Waals surface area contributed by atoms with Crippen molar-refractivity contribution in [2.75, 3.05) is 35.5 Å². The summed E-state index contributed by atoms with van der Waals surface area (Å²) in [7, 11) is 7.33. The average molecular weight is 1280 g/mol. The number of esters is 3. The number of allylic oxidation sites excluding steroid dienone is 18. The van der Waals surface area contributed by atoms with E-state index < -0.39 is 30.4 Å². The second-order valence-electron chi connectivity index (χ2n) is 25.9. The molecule has 0 saturated carbocycles. The standard InChI is InChI=1S/C26H38O7.C25H39NO4.C25H38O4/c1-15(9-8-10-16(2)13-20-14-17(3)26(29)33-20)11-12-21-18(4)22(28)24(30-6)25(31-7)23(21)32-19(5)27;1-17(2)10-8-11-18(3)12-9-13-19(4)14-15-21-20(5)24(27)23(29-7)16-22(21)30-25(28)26-6;1-17(2)10-8-11-18(3)12-9-13-19(4)14-15-22-20(5)25(27)24(28-7)16-23(22)29-21(6)26/h10-11,17-18,20-21,23H,8-9,12-14H2,1-7H3;10,12,14,16,20-22H,8-9,11,13,15H2,1-7H3,(H,26,28);10,12,14,16,20,22-23H,8-9,11,13,15H2,1-7H3/b15-11+,16-10+;2*18-12+,19-14+. The van der Waals surface area contributed by atoms with Crippen LogP contribution in [0.5, 0.6) is 0 Å². The molecule has 1 fully saturated rings. The zero-order chi connectivity index (χ0) is 69.4. The molecule has 1 saturated heterocycles. The lowest BCUT2D eigenvalue weighted by Crippen LogP contribution is -2.42. The molecule has 0 radical (unpaired) electrons. The van der Waals surface area contributed by atoms with Gasteiger partial charge < -0.3 is 43.2 Å². The number of amides is 1. The fourth-order valence-corrected chi connectivity index (χ4v) is 11.6. The maximum Gasteiger partial charge on any atom is 0.407 e. The van der Waals surface area contributed by atoms with E-state index in [-0.39, 0.29) is 99.9 Å². The minimum Gasteiger partial charge on any atom is -0.493 e. The van der Waals surface area contributed by atoms with Crippen molar-refractivity contribution in [2.45, 2.75) is 232 Å². The van der Waals surface area contributed by atoms with Gasteiger partial charge in [-0.15, -0.1) is 0 Å². The summed E-state index contributed by atoms with van der Waals surface area (Å²) in [6.07, 6.45) is 32.7. The first-order valence-electron chi connectivity index (χ1n) is 33.0. The van der Waals surface area contributed by atoms with Crippen LogP contribution in [0.15, 0.2) is 128 Å². The maximum absolute atomic E-state index is 12.8. The Morgan fingerprint density at radius 1 is 0.478 bits per heavy atom. The topological polar surface area (TPSA) is 205 Å². The first-order chi connectivity index (χ1) is 43.4. The van der Waals surface area contributed by atoms with Gasteiger partial charge in [0.05, 0.1) is 34.4 Å². The fraction of sp³-hybridized carbons (Fsp3) is 0.618. The molecule has 0 spiro atoms. The summed E-state index contributed by atoms with van der Waals surface area (Å²) in [6, 6.07) is 0. The number of carbonyl (C=O) groups excluding carboxylic acids is 7. The van der Waals surface area contributed by atoms with E-state index in [0.29, 0.717) is 19.3 Å². The summed E-state index contributed by atoms with van der Waals surface area (Å²) in [4.78, 5) is 84.3. The van der Waals surface area contributed by atoms with Crippen LogP contribution in [0.2, 0.25) is 0 Å². The predicted octanol–water partition coefficient (Wildman–Crippen LogP) is 16.6. The molecule has 11 unspecified atom stereocenters. The zero-order valence-corrected chi connectivity index (χ0v) is 59.9. The highest BCUT2D eigenvalue weighted by Crippen LogP contribution is 2.39. The van der Waals surface area contributed by atoms with Crippen LogP contribution >= 0.6 is 0 Å². The average Bonchev–Trinajstić information content (AvgIpc) is 1.04. The van der Waals surface area contributed by atoms with Crippen molar-refractivity contribution in [2.24, 2.45) is 41.4 Å². The van der Waals surface area contributed by atoms with E-state index in [0.717, 1.165) is 77.0 Å². The van der Waals surface area contributed by atoms with Gasteiger partial charge in [-0.1, -0.05) is 121 Å². The van der Waals surface area contributed by atoms with Gasteiger partial charge in [0.15, 0.2) is 34.9 Å². The lowest BCUT2D eigenvalue weighted by molar-refractivity contribution is -0.153. The predicted molar refractivity (Wildman–Crippen MR) is 364 cm³/mol. The highest BCUT2D eigenvalue weighted by atomic mass is 16.6. The molecule has 4 aliphatic rings. The van der Waals surface area contributed by atoms with E-state index in [4.69, 9.17) is 37.9 Å². The molecule has 16 heteroatoms. The minimum absolute atomic E-state index is 0.00807. The number of cyclic esters (lactones) is 1. The van der Waals surface area contributed by atoms with Crippen molar-refractivity contribution in [1.82, 2.24) is 5.32 Å². The number of carbonyl (C=O) groups is 7. The third-order valence-electron chi connectivity index (χ3n) is 17.5. The molecule has 1 heterocycles. The summed E-state index contributed by atoms with van der Waals surface area (Å²) in [6.45, 7) is 31.5. The van der Waals surface area contributed by atoms with Crippen molar-refractivity contribution in [3.05, 3.63) is 128 Å². The minimum atomic E-state index is -0.669. The molecule has 4 rings (SSSR count). The van der Waals surface area contributed by atoms with E-state index >= 15 is 0 Å². The van der Waals surface area contributed by atoms with E-state index in [1.807, 2.05) is 27.7 Å². The molecular weight excluding hydrogens is 1170 g/mol. The molecule has 0 aromatic carbocycles. The maximum atomic E-state index is 12.8. The van der Waals surface area contributed by atoms with Gasteiger partial charge in [-0.3, -0.25) is 28.8 Å². The van der Waals surface area contributed by atoms with Crippen LogP contribution in [0.1, 0.15) is 207 Å². The van der Waals surface area contributed by atoms with Gasteiger partial charge in [0.2, 0.25) is 11.5 Å². The van der Waals surface area contributed by atoms with Crippen LogP contribution < -0.4 is 5.32 Å². The van der Waals surface area contributed by atoms with E-state index in [1.54, 1.807) is 12.2 Å². The Labute approximate surface area is 552 Å². The zero-order valence-electron chi connectivity index (χ0n) is 59.9. The van der Waals surface area contributed by atoms with Crippen LogP contribution in [0, 0.1) is 41.4 Å². The number of hydrogen-bond donors (Lipinski definition) is 1. The number of Topliss-reactive ketones (excluding diaryl/α,β-unsaturated/α-hetero) is 3. The number of ether oxygens (including phenoxy) is 8. The van der Waals surface area contributed by atoms with Crippen molar-refractivity contribution in [3.8, 4) is 0 Å². The quantitative estimate of drug-likeness (QED) is 0.0403. The van der Waals surface area contributed by atoms with Crippen LogP contribution in [0.25, 0.3) is 0 Å². The second-order valence-corrected chi connectivity index (χ2v) is 25.9. The van der Waals surface area contributed by atoms with E-state index in [2.05, 4.69) is 123 Å². The van der Waals surface area contributed by atoms with Gasteiger partial charge in [0, 0.05) is 75.0 Å². The van der Waals surface area contributed by atoms with Crippen LogP contribution in [0.3, 0.4) is 0 Å². The molecular formula is C76H115NO15. The third kappa shape index (κ3) is 28.5. The molecule has 16 nitrogen and oxygen atoms in total. The summed E-state index contributed by atoms with van der Waals surface area (Å²) < 4.78 is 42.9. The van der Waals surface area contributed by atoms with Crippen molar-refractivity contribution >= 4 is 41.4 Å². The molecule has 1 aliphatic heterocycles. The van der Waals surface area contributed by atoms with Crippen molar-refractivity contribution < 1.29 is 71.5 Å². The second kappa shape index (κ2) is 42.3. The van der Waals surface area contributed by atoms with Gasteiger partial charge in [0.25, 0.3) is 0 Å². The number of nitrogens with one attached hydrogen (secondary N) is 1. The molecule has 0 bridgehead atoms. The number of rotatable bonds is 30. The SMILES string of the molecule is CNC(=O)OC1C=C(OC)C(=O)C(C)C1C/C=C(\C)CC/C=C(\C)CCC=C(C)C.COC1=C(OC)C(OC(C)=O)C(C/C=C(\C)CC/C=C(\C)CC2CC(C)C(=O)O2)C(C)C1=O.COC1=CC(OC(C)=O)C(C/C=C(\C)CC/C=C(\C)CCC=C(C)C)C(C)C1=O. The molecule has 3 aliphatic carbocycles. The first-order valence-corrected chi connectivity index (χ1v) is 33.0. The lowest BCUT2D eigenvalue weighted by Gasteiger charge is -2.35. The number of ketones is 3. The molecule has 0 aromatic rings. The summed E-state index contributed by atoms with van der Waals surface area (Å²) >= 11 is 0. The first kappa shape index (κ1) is 81.1. The van der Waals surface area contributed by atoms with Gasteiger partial charge in [0.1, 0.15) is 18.3 Å². The van der Waals surface area contributed by atoms with Crippen LogP contribution in [-0.2, 0) is 66.7 Å². The van der Waals surface area contributed by atoms with Gasteiger partial charge in [-0.05, 0) is 159 Å². The fourth-order valence-electron chi connectivity index (χ4n) is 11.6. The van der Waals surface area contributed by atoms with Crippen LogP contribution in [0.4, 0.5) is 4.79 Å². The van der Waals surface area contributed by atoms with Crippen molar-refractivity contribution in [3.63, 3.8) is 0 Å². The summed E-state index contributed by atoms with van der Waals surface area (Å²) in [5.74, 6) is -1.45. The number of methoxy groups -OCH3 is 4. The number of alkyl carbamates (subject to hydrolysis) is 1. The monoisotopic (exact) mass is 1280 g/mol. The highest BCUT2D eigenvalue weighted by molar-refractivity contribution is 5.98. The molecule has 11 atom stereocenters. The Bertz CT molecular complexity index is 2840. The largest absolute Gasteiger partial charge is 0.493 e. The Morgan fingerprint density at radius 2 is 0.859 bits per heavy atom. The smallest absolute Gasteiger partial charge is 0.407 e. The van der Waals surface area contributed by atoms with Gasteiger partial charge in [-0.2, -0.15) is 0 Å². The molecule has 1 N–H and O–H groups in total. The molecule has 514 valence electrons. The van der Waals surface area contributed by atoms with Crippen LogP contribution in [-0.4, -0.2) is 101 Å². The Morgan fingerprint density at radius 3 is 1.22 bits per heavy atom. The Kier molecular flexibility index (Phi) is 37.3. The summed E-state index contributed by atoms with van der Waals surface area (Å²) in [5.41, 5.74) is 10.6. The summed E-state index contributed by atoms with van der Waals surface area (Å²) in [5, 5.41) is 2.47. The molecule has 92 heavy (non-hydrogen) atoms. The normalized spacial score (nSPS) is 24.7.